The number of nitrogens with zero attached hydrogens (tertiary/aromatic N) is 5. The minimum Gasteiger partial charge on any atom is -0.302 e. The third-order valence-electron chi connectivity index (χ3n) is 4.65. The van der Waals surface area contributed by atoms with Crippen LogP contribution in [0.4, 0.5) is 0 Å². The molecule has 0 atom stereocenters. The third-order valence-corrected chi connectivity index (χ3v) is 5.65. The zero-order valence-electron chi connectivity index (χ0n) is 16.8. The van der Waals surface area contributed by atoms with Gasteiger partial charge in [-0.15, -0.1) is 10.2 Å². The maximum atomic E-state index is 12.4. The molecule has 0 saturated carbocycles. The molecule has 0 bridgehead atoms. The molecule has 0 unspecified atom stereocenters. The Morgan fingerprint density at radius 2 is 1.90 bits per heavy atom. The summed E-state index contributed by atoms with van der Waals surface area (Å²) < 4.78 is 3.73. The quantitative estimate of drug-likeness (QED) is 0.448. The fourth-order valence-electron chi connectivity index (χ4n) is 3.29. The van der Waals surface area contributed by atoms with Crippen LogP contribution in [0.3, 0.4) is 0 Å². The molecule has 29 heavy (non-hydrogen) atoms. The first-order valence-corrected chi connectivity index (χ1v) is 10.7. The standard InChI is InChI=1S/C22H23N5OS/c1-4-10-26-21(17-7-5-6-15(2)11-17)24-25-22(26)29-14-18-12-20(28)27-13-16(3)8-9-19(27)23-18/h5-9,11-13H,4,10,14H2,1-3H3. The fourth-order valence-corrected chi connectivity index (χ4v) is 4.15. The van der Waals surface area contributed by atoms with Gasteiger partial charge >= 0.3 is 0 Å². The SMILES string of the molecule is CCCn1c(SCc2cc(=O)n3cc(C)ccc3n2)nnc1-c1cccc(C)c1. The van der Waals surface area contributed by atoms with Crippen molar-refractivity contribution in [3.05, 3.63) is 75.8 Å². The second kappa shape index (κ2) is 8.21. The first-order valence-electron chi connectivity index (χ1n) is 9.67. The number of hydrogen-bond acceptors (Lipinski definition) is 5. The van der Waals surface area contributed by atoms with Crippen LogP contribution < -0.4 is 5.56 Å². The van der Waals surface area contributed by atoms with Crippen molar-refractivity contribution in [1.29, 1.82) is 0 Å². The van der Waals surface area contributed by atoms with Crippen LogP contribution in [0.1, 0.15) is 30.2 Å². The molecule has 148 valence electrons. The molecule has 7 heteroatoms. The van der Waals surface area contributed by atoms with E-state index in [-0.39, 0.29) is 5.56 Å². The first-order chi connectivity index (χ1) is 14.0. The van der Waals surface area contributed by atoms with E-state index in [1.54, 1.807) is 22.2 Å². The van der Waals surface area contributed by atoms with Crippen molar-refractivity contribution < 1.29 is 0 Å². The van der Waals surface area contributed by atoms with Gasteiger partial charge in [0.1, 0.15) is 5.65 Å². The van der Waals surface area contributed by atoms with Crippen LogP contribution in [0.2, 0.25) is 0 Å². The van der Waals surface area contributed by atoms with Crippen molar-refractivity contribution in [3.8, 4) is 11.4 Å². The molecule has 0 spiro atoms. The summed E-state index contributed by atoms with van der Waals surface area (Å²) in [5.41, 5.74) is 4.62. The summed E-state index contributed by atoms with van der Waals surface area (Å²) in [6, 6.07) is 13.7. The van der Waals surface area contributed by atoms with Crippen molar-refractivity contribution >= 4 is 17.4 Å². The Labute approximate surface area is 173 Å². The van der Waals surface area contributed by atoms with Gasteiger partial charge in [0.15, 0.2) is 11.0 Å². The van der Waals surface area contributed by atoms with E-state index >= 15 is 0 Å². The van der Waals surface area contributed by atoms with Gasteiger partial charge in [0.2, 0.25) is 0 Å². The van der Waals surface area contributed by atoms with Crippen molar-refractivity contribution in [2.45, 2.75) is 44.6 Å². The van der Waals surface area contributed by atoms with E-state index in [0.717, 1.165) is 40.8 Å². The monoisotopic (exact) mass is 405 g/mol. The molecule has 0 aliphatic carbocycles. The molecule has 1 aromatic carbocycles. The topological polar surface area (TPSA) is 65.1 Å². The number of benzene rings is 1. The Morgan fingerprint density at radius 1 is 1.03 bits per heavy atom. The summed E-state index contributed by atoms with van der Waals surface area (Å²) in [6.07, 6.45) is 2.80. The molecule has 0 fully saturated rings. The molecular weight excluding hydrogens is 382 g/mol. The number of rotatable bonds is 6. The van der Waals surface area contributed by atoms with Gasteiger partial charge in [-0.25, -0.2) is 4.98 Å². The van der Waals surface area contributed by atoms with E-state index < -0.39 is 0 Å². The second-order valence-electron chi connectivity index (χ2n) is 7.14. The van der Waals surface area contributed by atoms with Gasteiger partial charge in [0, 0.05) is 30.1 Å². The lowest BCUT2D eigenvalue weighted by Gasteiger charge is -2.09. The molecule has 0 aliphatic heterocycles. The van der Waals surface area contributed by atoms with E-state index in [9.17, 15) is 4.79 Å². The molecule has 0 N–H and O–H groups in total. The molecule has 3 aromatic heterocycles. The van der Waals surface area contributed by atoms with Crippen LogP contribution >= 0.6 is 11.8 Å². The fraction of sp³-hybridized carbons (Fsp3) is 0.273. The minimum atomic E-state index is -0.0650. The highest BCUT2D eigenvalue weighted by Crippen LogP contribution is 2.26. The summed E-state index contributed by atoms with van der Waals surface area (Å²) in [5.74, 6) is 1.44. The molecule has 4 aromatic rings. The van der Waals surface area contributed by atoms with E-state index in [1.165, 1.54) is 5.56 Å². The number of hydrogen-bond donors (Lipinski definition) is 0. The van der Waals surface area contributed by atoms with Crippen LogP contribution in [0.25, 0.3) is 17.0 Å². The number of aromatic nitrogens is 5. The highest BCUT2D eigenvalue weighted by molar-refractivity contribution is 7.98. The Balaban J connectivity index is 1.62. The zero-order chi connectivity index (χ0) is 20.4. The molecule has 3 heterocycles. The molecule has 0 aliphatic rings. The lowest BCUT2D eigenvalue weighted by atomic mass is 10.1. The summed E-state index contributed by atoms with van der Waals surface area (Å²) >= 11 is 1.56. The van der Waals surface area contributed by atoms with Crippen molar-refractivity contribution in [1.82, 2.24) is 24.1 Å². The molecular formula is C22H23N5OS. The molecule has 0 amide bonds. The van der Waals surface area contributed by atoms with E-state index in [4.69, 9.17) is 0 Å². The summed E-state index contributed by atoms with van der Waals surface area (Å²) in [6.45, 7) is 7.01. The Kier molecular flexibility index (Phi) is 5.49. The Morgan fingerprint density at radius 3 is 2.69 bits per heavy atom. The molecule has 0 radical (unpaired) electrons. The van der Waals surface area contributed by atoms with Gasteiger partial charge in [-0.1, -0.05) is 48.5 Å². The molecule has 4 rings (SSSR count). The van der Waals surface area contributed by atoms with Crippen LogP contribution in [0.5, 0.6) is 0 Å². The third kappa shape index (κ3) is 4.10. The Bertz CT molecular complexity index is 1230. The Hall–Kier alpha value is -2.93. The van der Waals surface area contributed by atoms with Crippen LogP contribution in [0, 0.1) is 13.8 Å². The van der Waals surface area contributed by atoms with Gasteiger partial charge in [0.05, 0.1) is 5.69 Å². The molecule has 6 nitrogen and oxygen atoms in total. The predicted octanol–water partition coefficient (Wildman–Crippen LogP) is 4.27. The predicted molar refractivity (Wildman–Crippen MR) is 116 cm³/mol. The lowest BCUT2D eigenvalue weighted by molar-refractivity contribution is 0.626. The number of pyridine rings is 1. The highest BCUT2D eigenvalue weighted by Gasteiger charge is 2.15. The number of thioether (sulfide) groups is 1. The summed E-state index contributed by atoms with van der Waals surface area (Å²) in [5, 5.41) is 9.70. The van der Waals surface area contributed by atoms with Crippen molar-refractivity contribution in [3.63, 3.8) is 0 Å². The van der Waals surface area contributed by atoms with Gasteiger partial charge < -0.3 is 4.57 Å². The number of fused-ring (bicyclic) bond motifs is 1. The average Bonchev–Trinajstić information content (AvgIpc) is 3.10. The van der Waals surface area contributed by atoms with Gasteiger partial charge in [-0.3, -0.25) is 9.20 Å². The largest absolute Gasteiger partial charge is 0.302 e. The normalized spacial score (nSPS) is 11.3. The smallest absolute Gasteiger partial charge is 0.258 e. The van der Waals surface area contributed by atoms with Gasteiger partial charge in [-0.05, 0) is 38.0 Å². The highest BCUT2D eigenvalue weighted by atomic mass is 32.2. The zero-order valence-corrected chi connectivity index (χ0v) is 17.6. The van der Waals surface area contributed by atoms with Crippen LogP contribution in [0.15, 0.2) is 58.6 Å². The number of aryl methyl sites for hydroxylation is 2. The summed E-state index contributed by atoms with van der Waals surface area (Å²) in [4.78, 5) is 17.1. The average molecular weight is 406 g/mol. The van der Waals surface area contributed by atoms with E-state index in [2.05, 4.69) is 51.8 Å². The minimum absolute atomic E-state index is 0.0650. The van der Waals surface area contributed by atoms with Crippen LogP contribution in [-0.2, 0) is 12.3 Å². The summed E-state index contributed by atoms with van der Waals surface area (Å²) in [7, 11) is 0. The van der Waals surface area contributed by atoms with E-state index in [0.29, 0.717) is 11.4 Å². The van der Waals surface area contributed by atoms with Crippen molar-refractivity contribution in [2.75, 3.05) is 0 Å². The maximum Gasteiger partial charge on any atom is 0.258 e. The molecule has 0 saturated heterocycles. The van der Waals surface area contributed by atoms with Crippen molar-refractivity contribution in [2.24, 2.45) is 0 Å². The first kappa shape index (κ1) is 19.4. The second-order valence-corrected chi connectivity index (χ2v) is 8.08. The maximum absolute atomic E-state index is 12.4. The van der Waals surface area contributed by atoms with Crippen LogP contribution in [-0.4, -0.2) is 24.1 Å². The van der Waals surface area contributed by atoms with E-state index in [1.807, 2.05) is 31.3 Å². The van der Waals surface area contributed by atoms with Gasteiger partial charge in [0.25, 0.3) is 5.56 Å². The lowest BCUT2D eigenvalue weighted by Crippen LogP contribution is -2.15. The van der Waals surface area contributed by atoms with Gasteiger partial charge in [-0.2, -0.15) is 0 Å².